The van der Waals surface area contributed by atoms with E-state index >= 15 is 0 Å². The number of halogens is 3. The molecule has 2 N–H and O–H groups in total. The number of carbonyl (C=O) groups is 1. The molecular weight excluding hydrogens is 361 g/mol. The number of rotatable bonds is 4. The van der Waals surface area contributed by atoms with Crippen LogP contribution in [0.3, 0.4) is 0 Å². The van der Waals surface area contributed by atoms with E-state index in [4.69, 9.17) is 4.52 Å². The largest absolute Gasteiger partial charge is 0.418 e. The molecule has 3 rings (SSSR count). The van der Waals surface area contributed by atoms with Crippen LogP contribution in [0.25, 0.3) is 0 Å². The van der Waals surface area contributed by atoms with E-state index in [9.17, 15) is 18.0 Å². The summed E-state index contributed by atoms with van der Waals surface area (Å²) in [5, 5.41) is 9.27. The van der Waals surface area contributed by atoms with Gasteiger partial charge in [0.2, 0.25) is 5.88 Å². The summed E-state index contributed by atoms with van der Waals surface area (Å²) in [4.78, 5) is 13.9. The minimum Gasteiger partial charge on any atom is -0.384 e. The van der Waals surface area contributed by atoms with E-state index in [1.807, 2.05) is 0 Å². The molecule has 2 amide bonds. The average Bonchev–Trinajstić information content (AvgIpc) is 3.04. The first-order valence-corrected chi connectivity index (χ1v) is 8.72. The molecule has 6 nitrogen and oxygen atoms in total. The second-order valence-electron chi connectivity index (χ2n) is 6.62. The summed E-state index contributed by atoms with van der Waals surface area (Å²) < 4.78 is 44.1. The van der Waals surface area contributed by atoms with Crippen molar-refractivity contribution < 1.29 is 22.5 Å². The molecule has 1 fully saturated rings. The zero-order chi connectivity index (χ0) is 19.4. The van der Waals surface area contributed by atoms with Crippen LogP contribution in [0.5, 0.6) is 0 Å². The number of amides is 2. The normalized spacial score (nSPS) is 15.6. The molecule has 0 saturated carbocycles. The molecule has 2 aromatic rings. The van der Waals surface area contributed by atoms with Crippen LogP contribution < -0.4 is 10.6 Å². The van der Waals surface area contributed by atoms with Crippen molar-refractivity contribution >= 4 is 17.6 Å². The van der Waals surface area contributed by atoms with E-state index in [2.05, 4.69) is 15.8 Å². The van der Waals surface area contributed by atoms with E-state index in [1.165, 1.54) is 12.1 Å². The number of hydrogen-bond donors (Lipinski definition) is 2. The summed E-state index contributed by atoms with van der Waals surface area (Å²) in [5.74, 6) is 0.493. The van der Waals surface area contributed by atoms with Crippen LogP contribution in [-0.4, -0.2) is 35.7 Å². The van der Waals surface area contributed by atoms with Crippen molar-refractivity contribution in [1.82, 2.24) is 10.1 Å². The highest BCUT2D eigenvalue weighted by Crippen LogP contribution is 2.34. The number of nitrogens with one attached hydrogen (secondary N) is 2. The third kappa shape index (κ3) is 4.93. The summed E-state index contributed by atoms with van der Waals surface area (Å²) in [5.41, 5.74) is 0.101. The Labute approximate surface area is 154 Å². The van der Waals surface area contributed by atoms with Gasteiger partial charge in [0.15, 0.2) is 0 Å². The number of para-hydroxylation sites is 1. The van der Waals surface area contributed by atoms with Gasteiger partial charge in [-0.3, -0.25) is 5.32 Å². The molecule has 1 aromatic heterocycles. The summed E-state index contributed by atoms with van der Waals surface area (Å²) in [6, 6.07) is 6.83. The van der Waals surface area contributed by atoms with Gasteiger partial charge in [-0.15, -0.1) is 0 Å². The lowest BCUT2D eigenvalue weighted by Gasteiger charge is -2.32. The average molecular weight is 382 g/mol. The van der Waals surface area contributed by atoms with Crippen LogP contribution in [0, 0.1) is 12.8 Å². The summed E-state index contributed by atoms with van der Waals surface area (Å²) in [7, 11) is 0. The summed E-state index contributed by atoms with van der Waals surface area (Å²) in [6.45, 7) is 3.26. The number of likely N-dealkylation sites (tertiary alicyclic amines) is 1. The minimum atomic E-state index is -4.38. The van der Waals surface area contributed by atoms with Crippen LogP contribution in [0.15, 0.2) is 34.9 Å². The van der Waals surface area contributed by atoms with Crippen molar-refractivity contribution in [3.05, 3.63) is 41.6 Å². The number of carbonyl (C=O) groups excluding carboxylic acids is 1. The molecule has 146 valence electrons. The van der Waals surface area contributed by atoms with Crippen molar-refractivity contribution in [2.24, 2.45) is 5.92 Å². The van der Waals surface area contributed by atoms with Gasteiger partial charge in [0.05, 0.1) is 11.3 Å². The number of piperidine rings is 1. The lowest BCUT2D eigenvalue weighted by atomic mass is 9.96. The molecule has 9 heteroatoms. The van der Waals surface area contributed by atoms with Crippen LogP contribution in [-0.2, 0) is 6.18 Å². The van der Waals surface area contributed by atoms with Crippen LogP contribution in [0.4, 0.5) is 29.5 Å². The lowest BCUT2D eigenvalue weighted by molar-refractivity contribution is -0.137. The summed E-state index contributed by atoms with van der Waals surface area (Å²) in [6.07, 6.45) is -2.96. The van der Waals surface area contributed by atoms with Crippen molar-refractivity contribution in [3.63, 3.8) is 0 Å². The smallest absolute Gasteiger partial charge is 0.384 e. The Morgan fingerprint density at radius 1 is 1.30 bits per heavy atom. The molecule has 0 radical (unpaired) electrons. The molecule has 0 atom stereocenters. The fourth-order valence-electron chi connectivity index (χ4n) is 3.09. The highest BCUT2D eigenvalue weighted by molar-refractivity contribution is 5.87. The van der Waals surface area contributed by atoms with E-state index in [1.54, 1.807) is 24.0 Å². The number of aromatic nitrogens is 1. The van der Waals surface area contributed by atoms with Gasteiger partial charge in [-0.2, -0.15) is 13.2 Å². The third-order valence-electron chi connectivity index (χ3n) is 4.57. The first kappa shape index (κ1) is 19.1. The molecule has 0 spiro atoms. The second kappa shape index (κ2) is 7.89. The van der Waals surface area contributed by atoms with E-state index in [0.29, 0.717) is 44.1 Å². The topological polar surface area (TPSA) is 70.4 Å². The molecule has 1 aromatic carbocycles. The third-order valence-corrected chi connectivity index (χ3v) is 4.57. The lowest BCUT2D eigenvalue weighted by Crippen LogP contribution is -2.42. The van der Waals surface area contributed by atoms with E-state index in [-0.39, 0.29) is 17.6 Å². The van der Waals surface area contributed by atoms with Gasteiger partial charge >= 0.3 is 12.2 Å². The Morgan fingerprint density at radius 3 is 2.63 bits per heavy atom. The number of urea groups is 1. The van der Waals surface area contributed by atoms with E-state index < -0.39 is 11.7 Å². The number of nitrogens with zero attached hydrogens (tertiary/aromatic N) is 2. The van der Waals surface area contributed by atoms with Gasteiger partial charge in [-0.1, -0.05) is 17.3 Å². The maximum Gasteiger partial charge on any atom is 0.418 e. The monoisotopic (exact) mass is 382 g/mol. The van der Waals surface area contributed by atoms with Gasteiger partial charge in [-0.25, -0.2) is 4.79 Å². The van der Waals surface area contributed by atoms with Gasteiger partial charge in [0.1, 0.15) is 0 Å². The van der Waals surface area contributed by atoms with Crippen LogP contribution in [0.1, 0.15) is 24.1 Å². The molecule has 1 aliphatic heterocycles. The molecule has 2 heterocycles. The van der Waals surface area contributed by atoms with Crippen molar-refractivity contribution in [2.45, 2.75) is 25.9 Å². The highest BCUT2D eigenvalue weighted by atomic mass is 19.4. The maximum atomic E-state index is 13.0. The Kier molecular flexibility index (Phi) is 5.57. The Balaban J connectivity index is 1.48. The molecule has 0 unspecified atom stereocenters. The zero-order valence-electron chi connectivity index (χ0n) is 14.8. The number of hydrogen-bond acceptors (Lipinski definition) is 4. The Bertz CT molecular complexity index is 783. The Morgan fingerprint density at radius 2 is 2.00 bits per heavy atom. The van der Waals surface area contributed by atoms with Crippen LogP contribution >= 0.6 is 0 Å². The first-order valence-electron chi connectivity index (χ1n) is 8.72. The molecular formula is C18H21F3N4O2. The fourth-order valence-corrected chi connectivity index (χ4v) is 3.09. The van der Waals surface area contributed by atoms with Gasteiger partial charge in [-0.05, 0) is 37.8 Å². The number of aryl methyl sites for hydroxylation is 1. The minimum absolute atomic E-state index is 0.0888. The summed E-state index contributed by atoms with van der Waals surface area (Å²) >= 11 is 0. The molecule has 0 aliphatic carbocycles. The predicted octanol–water partition coefficient (Wildman–Crippen LogP) is 4.36. The standard InChI is InChI=1S/C18H21F3N4O2/c1-12-10-16(27-24-12)23-17(26)25-8-6-13(7-9-25)11-22-15-5-3-2-4-14(15)18(19,20)21/h2-5,10,13,22H,6-9,11H2,1H3,(H,23,26). The van der Waals surface area contributed by atoms with Gasteiger partial charge in [0, 0.05) is 31.4 Å². The van der Waals surface area contributed by atoms with Crippen molar-refractivity contribution in [1.29, 1.82) is 0 Å². The van der Waals surface area contributed by atoms with Gasteiger partial charge in [0.25, 0.3) is 0 Å². The molecule has 27 heavy (non-hydrogen) atoms. The predicted molar refractivity (Wildman–Crippen MR) is 94.5 cm³/mol. The first-order chi connectivity index (χ1) is 12.8. The van der Waals surface area contributed by atoms with Crippen molar-refractivity contribution in [2.75, 3.05) is 30.3 Å². The second-order valence-corrected chi connectivity index (χ2v) is 6.62. The number of alkyl halides is 3. The SMILES string of the molecule is Cc1cc(NC(=O)N2CCC(CNc3ccccc3C(F)(F)F)CC2)on1. The zero-order valence-corrected chi connectivity index (χ0v) is 14.8. The fraction of sp³-hybridized carbons (Fsp3) is 0.444. The molecule has 0 bridgehead atoms. The Hall–Kier alpha value is -2.71. The maximum absolute atomic E-state index is 13.0. The van der Waals surface area contributed by atoms with Gasteiger partial charge < -0.3 is 14.7 Å². The van der Waals surface area contributed by atoms with Crippen molar-refractivity contribution in [3.8, 4) is 0 Å². The highest BCUT2D eigenvalue weighted by Gasteiger charge is 2.33. The molecule has 1 saturated heterocycles. The van der Waals surface area contributed by atoms with E-state index in [0.717, 1.165) is 6.07 Å². The quantitative estimate of drug-likeness (QED) is 0.824. The molecule has 1 aliphatic rings. The van der Waals surface area contributed by atoms with Crippen LogP contribution in [0.2, 0.25) is 0 Å². The number of benzene rings is 1. The number of anilines is 2.